The van der Waals surface area contributed by atoms with E-state index in [2.05, 4.69) is 4.99 Å². The molecule has 3 aromatic rings. The molecule has 196 valence electrons. The summed E-state index contributed by atoms with van der Waals surface area (Å²) in [5, 5.41) is 22.2. The minimum atomic E-state index is -4.58. The molecule has 2 heterocycles. The van der Waals surface area contributed by atoms with Crippen molar-refractivity contribution in [3.05, 3.63) is 105 Å². The van der Waals surface area contributed by atoms with Gasteiger partial charge in [0, 0.05) is 11.5 Å². The van der Waals surface area contributed by atoms with Gasteiger partial charge in [-0.25, -0.2) is 0 Å². The number of benzene rings is 3. The summed E-state index contributed by atoms with van der Waals surface area (Å²) in [7, 11) is -3.29. The summed E-state index contributed by atoms with van der Waals surface area (Å²) < 4.78 is 36.2. The predicted molar refractivity (Wildman–Crippen MR) is 146 cm³/mol. The zero-order chi connectivity index (χ0) is 27.7. The lowest BCUT2D eigenvalue weighted by Gasteiger charge is -2.27. The standard InChI is InChI=1S/C26H18N4O7S2/c1-36-22-14-16(11-12-21(22)37-39(34,35)23-10-6-5-9-19(23)30(32)33)13-18-24(27)29-20(17-7-3-2-4-8-17)15-38-26(29)28-25(18)31/h2-15,27H,1H3/b18-13-,27-24?. The van der Waals surface area contributed by atoms with E-state index in [1.54, 1.807) is 4.90 Å². The number of fused-ring (bicyclic) bond motifs is 1. The Kier molecular flexibility index (Phi) is 6.76. The van der Waals surface area contributed by atoms with Crippen molar-refractivity contribution in [2.75, 3.05) is 7.11 Å². The van der Waals surface area contributed by atoms with Crippen molar-refractivity contribution in [3.63, 3.8) is 0 Å². The van der Waals surface area contributed by atoms with Gasteiger partial charge in [-0.1, -0.05) is 60.3 Å². The molecule has 0 spiro atoms. The van der Waals surface area contributed by atoms with E-state index in [1.165, 1.54) is 55.3 Å². The maximum absolute atomic E-state index is 12.8. The van der Waals surface area contributed by atoms with Crippen LogP contribution in [0.4, 0.5) is 5.69 Å². The molecule has 0 saturated carbocycles. The number of nitro groups is 1. The Morgan fingerprint density at radius 3 is 2.49 bits per heavy atom. The fourth-order valence-corrected chi connectivity index (χ4v) is 5.90. The van der Waals surface area contributed by atoms with Crippen LogP contribution < -0.4 is 8.92 Å². The maximum Gasteiger partial charge on any atom is 0.346 e. The highest BCUT2D eigenvalue weighted by molar-refractivity contribution is 8.17. The molecule has 5 rings (SSSR count). The van der Waals surface area contributed by atoms with E-state index in [0.29, 0.717) is 16.4 Å². The number of amides is 1. The normalized spacial score (nSPS) is 16.0. The van der Waals surface area contributed by atoms with Gasteiger partial charge in [-0.15, -0.1) is 0 Å². The molecule has 0 radical (unpaired) electrons. The molecule has 2 aliphatic heterocycles. The Morgan fingerprint density at radius 1 is 1.05 bits per heavy atom. The third-order valence-electron chi connectivity index (χ3n) is 5.71. The lowest BCUT2D eigenvalue weighted by atomic mass is 10.1. The van der Waals surface area contributed by atoms with Gasteiger partial charge in [-0.2, -0.15) is 13.4 Å². The van der Waals surface area contributed by atoms with Crippen molar-refractivity contribution >= 4 is 56.3 Å². The summed E-state index contributed by atoms with van der Waals surface area (Å²) in [5.41, 5.74) is 1.37. The molecule has 0 aliphatic carbocycles. The van der Waals surface area contributed by atoms with Gasteiger partial charge in [0.2, 0.25) is 0 Å². The van der Waals surface area contributed by atoms with Gasteiger partial charge < -0.3 is 8.92 Å². The number of nitro benzene ring substituents is 1. The van der Waals surface area contributed by atoms with Crippen LogP contribution in [0, 0.1) is 15.5 Å². The number of methoxy groups -OCH3 is 1. The molecule has 0 atom stereocenters. The summed E-state index contributed by atoms with van der Waals surface area (Å²) in [4.78, 5) is 28.4. The van der Waals surface area contributed by atoms with Crippen molar-refractivity contribution in [1.82, 2.24) is 4.90 Å². The van der Waals surface area contributed by atoms with Crippen molar-refractivity contribution in [1.29, 1.82) is 5.41 Å². The fourth-order valence-electron chi connectivity index (χ4n) is 3.91. The number of carbonyl (C=O) groups is 1. The van der Waals surface area contributed by atoms with Crippen LogP contribution in [0.1, 0.15) is 11.1 Å². The van der Waals surface area contributed by atoms with E-state index in [9.17, 15) is 23.3 Å². The average molecular weight is 563 g/mol. The summed E-state index contributed by atoms with van der Waals surface area (Å²) in [6.45, 7) is 0. The van der Waals surface area contributed by atoms with Crippen molar-refractivity contribution in [2.24, 2.45) is 4.99 Å². The Morgan fingerprint density at radius 2 is 1.77 bits per heavy atom. The number of rotatable bonds is 7. The third-order valence-corrected chi connectivity index (χ3v) is 7.82. The Bertz CT molecular complexity index is 1730. The van der Waals surface area contributed by atoms with Crippen molar-refractivity contribution in [3.8, 4) is 11.5 Å². The quantitative estimate of drug-likeness (QED) is 0.187. The van der Waals surface area contributed by atoms with Gasteiger partial charge in [0.25, 0.3) is 11.6 Å². The molecule has 13 heteroatoms. The predicted octanol–water partition coefficient (Wildman–Crippen LogP) is 4.68. The maximum atomic E-state index is 12.8. The van der Waals surface area contributed by atoms with Gasteiger partial charge in [0.05, 0.1) is 23.3 Å². The summed E-state index contributed by atoms with van der Waals surface area (Å²) in [6, 6.07) is 18.4. The number of nitrogens with zero attached hydrogens (tertiary/aromatic N) is 3. The number of hydrogen-bond acceptors (Lipinski definition) is 9. The average Bonchev–Trinajstić information content (AvgIpc) is 3.36. The minimum Gasteiger partial charge on any atom is -0.493 e. The molecule has 0 aromatic heterocycles. The van der Waals surface area contributed by atoms with Crippen LogP contribution in [0.3, 0.4) is 0 Å². The van der Waals surface area contributed by atoms with E-state index in [1.807, 2.05) is 35.7 Å². The molecule has 1 N–H and O–H groups in total. The zero-order valence-electron chi connectivity index (χ0n) is 20.1. The van der Waals surface area contributed by atoms with Crippen LogP contribution >= 0.6 is 11.8 Å². The number of para-hydroxylation sites is 1. The lowest BCUT2D eigenvalue weighted by molar-refractivity contribution is -0.387. The van der Waals surface area contributed by atoms with Gasteiger partial charge in [0.15, 0.2) is 21.6 Å². The SMILES string of the molecule is COc1cc(/C=C2/C(=N)N3C(c4ccccc4)=CSC3=NC2=O)ccc1OS(=O)(=O)c1ccccc1[N+](=O)[O-]. The highest BCUT2D eigenvalue weighted by Gasteiger charge is 2.36. The molecular weight excluding hydrogens is 544 g/mol. The van der Waals surface area contributed by atoms with Crippen LogP contribution in [-0.4, -0.2) is 42.3 Å². The number of thioether (sulfide) groups is 1. The van der Waals surface area contributed by atoms with Crippen LogP contribution in [0.5, 0.6) is 11.5 Å². The number of hydrogen-bond donors (Lipinski definition) is 1. The molecule has 39 heavy (non-hydrogen) atoms. The first kappa shape index (κ1) is 25.9. The van der Waals surface area contributed by atoms with E-state index < -0.39 is 31.5 Å². The first-order valence-corrected chi connectivity index (χ1v) is 13.5. The molecule has 1 amide bonds. The molecular formula is C26H18N4O7S2. The van der Waals surface area contributed by atoms with Crippen molar-refractivity contribution < 1.29 is 27.1 Å². The Labute approximate surface area is 226 Å². The molecule has 0 unspecified atom stereocenters. The van der Waals surface area contributed by atoms with E-state index in [-0.39, 0.29) is 22.9 Å². The summed E-state index contributed by atoms with van der Waals surface area (Å²) >= 11 is 1.25. The molecule has 11 nitrogen and oxygen atoms in total. The highest BCUT2D eigenvalue weighted by atomic mass is 32.2. The zero-order valence-corrected chi connectivity index (χ0v) is 21.7. The third kappa shape index (κ3) is 4.92. The van der Waals surface area contributed by atoms with E-state index in [4.69, 9.17) is 14.3 Å². The number of amidine groups is 2. The van der Waals surface area contributed by atoms with Gasteiger partial charge in [-0.3, -0.25) is 25.2 Å². The highest BCUT2D eigenvalue weighted by Crippen LogP contribution is 2.38. The second-order valence-electron chi connectivity index (χ2n) is 8.10. The van der Waals surface area contributed by atoms with Gasteiger partial charge in [-0.05, 0) is 35.4 Å². The van der Waals surface area contributed by atoms with E-state index in [0.717, 1.165) is 17.7 Å². The van der Waals surface area contributed by atoms with E-state index >= 15 is 0 Å². The van der Waals surface area contributed by atoms with Gasteiger partial charge >= 0.3 is 10.1 Å². The lowest BCUT2D eigenvalue weighted by Crippen LogP contribution is -2.38. The Hall–Kier alpha value is -4.75. The summed E-state index contributed by atoms with van der Waals surface area (Å²) in [6.07, 6.45) is 1.44. The first-order chi connectivity index (χ1) is 18.7. The number of aliphatic imine (C=N–C) groups is 1. The molecule has 0 saturated heterocycles. The smallest absolute Gasteiger partial charge is 0.346 e. The second kappa shape index (κ2) is 10.2. The fraction of sp³-hybridized carbons (Fsp3) is 0.0385. The topological polar surface area (TPSA) is 152 Å². The first-order valence-electron chi connectivity index (χ1n) is 11.2. The Balaban J connectivity index is 1.46. The van der Waals surface area contributed by atoms with Crippen LogP contribution in [-0.2, 0) is 14.9 Å². The molecule has 0 bridgehead atoms. The van der Waals surface area contributed by atoms with Crippen LogP contribution in [0.2, 0.25) is 0 Å². The minimum absolute atomic E-state index is 0.00733. The largest absolute Gasteiger partial charge is 0.493 e. The summed E-state index contributed by atoms with van der Waals surface area (Å²) in [5.74, 6) is -0.886. The van der Waals surface area contributed by atoms with Gasteiger partial charge in [0.1, 0.15) is 5.84 Å². The second-order valence-corrected chi connectivity index (χ2v) is 10.5. The molecule has 2 aliphatic rings. The monoisotopic (exact) mass is 562 g/mol. The van der Waals surface area contributed by atoms with Crippen LogP contribution in [0.15, 0.2) is 93.7 Å². The van der Waals surface area contributed by atoms with Crippen LogP contribution in [0.25, 0.3) is 11.8 Å². The number of carbonyl (C=O) groups excluding carboxylic acids is 1. The molecule has 0 fully saturated rings. The number of nitrogens with one attached hydrogen (secondary N) is 1. The van der Waals surface area contributed by atoms with Crippen molar-refractivity contribution in [2.45, 2.75) is 4.90 Å². The molecule has 3 aromatic carbocycles. The number of ether oxygens (including phenoxy) is 1.